The van der Waals surface area contributed by atoms with Crippen LogP contribution in [0.25, 0.3) is 0 Å². The fourth-order valence-corrected chi connectivity index (χ4v) is 4.20. The predicted octanol–water partition coefficient (Wildman–Crippen LogP) is 3.72. The second kappa shape index (κ2) is 11.0. The lowest BCUT2D eigenvalue weighted by atomic mass is 10.0. The van der Waals surface area contributed by atoms with Crippen LogP contribution >= 0.6 is 0 Å². The van der Waals surface area contributed by atoms with Gasteiger partial charge in [0, 0.05) is 24.0 Å². The fraction of sp³-hybridized carbons (Fsp3) is 0.214. The van der Waals surface area contributed by atoms with Gasteiger partial charge in [0.25, 0.3) is 11.9 Å². The van der Waals surface area contributed by atoms with Crippen molar-refractivity contribution in [2.24, 2.45) is 15.7 Å². The molecular formula is C28H27N5O4. The molecule has 0 radical (unpaired) electrons. The topological polar surface area (TPSA) is 131 Å². The van der Waals surface area contributed by atoms with E-state index in [0.29, 0.717) is 35.9 Å². The van der Waals surface area contributed by atoms with E-state index in [2.05, 4.69) is 15.3 Å². The normalized spacial score (nSPS) is 18.2. The molecule has 1 unspecified atom stereocenters. The van der Waals surface area contributed by atoms with Gasteiger partial charge in [0.2, 0.25) is 12.1 Å². The number of carbonyl (C=O) groups is 1. The molecule has 5 rings (SSSR count). The maximum atomic E-state index is 13.0. The van der Waals surface area contributed by atoms with Crippen LogP contribution in [0.15, 0.2) is 88.8 Å². The Morgan fingerprint density at radius 2 is 1.70 bits per heavy atom. The fourth-order valence-electron chi connectivity index (χ4n) is 4.20. The highest BCUT2D eigenvalue weighted by Crippen LogP contribution is 2.25. The highest BCUT2D eigenvalue weighted by atomic mass is 16.5. The lowest BCUT2D eigenvalue weighted by Gasteiger charge is -2.24. The van der Waals surface area contributed by atoms with Crippen LogP contribution < -0.4 is 15.8 Å². The number of rotatable bonds is 5. The van der Waals surface area contributed by atoms with E-state index in [9.17, 15) is 4.79 Å². The van der Waals surface area contributed by atoms with Crippen molar-refractivity contribution in [2.75, 3.05) is 18.5 Å². The second-order valence-electron chi connectivity index (χ2n) is 8.58. The van der Waals surface area contributed by atoms with Crippen molar-refractivity contribution in [3.8, 4) is 5.75 Å². The van der Waals surface area contributed by atoms with Crippen molar-refractivity contribution >= 4 is 29.2 Å². The van der Waals surface area contributed by atoms with Crippen LogP contribution in [0.3, 0.4) is 0 Å². The molecule has 0 saturated carbocycles. The third-order valence-electron chi connectivity index (χ3n) is 6.02. The van der Waals surface area contributed by atoms with E-state index in [-0.39, 0.29) is 18.0 Å². The monoisotopic (exact) mass is 497 g/mol. The Labute approximate surface area is 214 Å². The van der Waals surface area contributed by atoms with E-state index in [1.807, 2.05) is 60.7 Å². The number of anilines is 1. The quantitative estimate of drug-likeness (QED) is 0.365. The molecule has 3 aromatic carbocycles. The molecule has 9 nitrogen and oxygen atoms in total. The number of benzene rings is 3. The van der Waals surface area contributed by atoms with Crippen LogP contribution in [0.2, 0.25) is 0 Å². The lowest BCUT2D eigenvalue weighted by Crippen LogP contribution is -2.30. The van der Waals surface area contributed by atoms with Crippen LogP contribution in [-0.2, 0) is 14.3 Å². The summed E-state index contributed by atoms with van der Waals surface area (Å²) in [4.78, 5) is 21.9. The number of benzodiazepines with no additional fused rings is 1. The number of carbonyl (C=O) groups excluding carboxylic acids is 1. The maximum absolute atomic E-state index is 13.0. The van der Waals surface area contributed by atoms with Gasteiger partial charge in [-0.2, -0.15) is 4.99 Å². The molecule has 0 aromatic heterocycles. The third-order valence-corrected chi connectivity index (χ3v) is 6.02. The maximum Gasteiger partial charge on any atom is 0.291 e. The molecule has 2 aliphatic rings. The van der Waals surface area contributed by atoms with Crippen molar-refractivity contribution in [1.82, 2.24) is 0 Å². The van der Waals surface area contributed by atoms with Gasteiger partial charge in [-0.25, -0.2) is 4.99 Å². The molecule has 1 fully saturated rings. The number of aliphatic imine (C=N–C) groups is 2. The average molecular weight is 498 g/mol. The van der Waals surface area contributed by atoms with Gasteiger partial charge in [-0.1, -0.05) is 60.7 Å². The first-order valence-corrected chi connectivity index (χ1v) is 12.1. The Balaban J connectivity index is 1.39. The molecule has 0 aliphatic carbocycles. The van der Waals surface area contributed by atoms with Crippen molar-refractivity contribution < 1.29 is 19.0 Å². The lowest BCUT2D eigenvalue weighted by molar-refractivity contribution is -0.117. The summed E-state index contributed by atoms with van der Waals surface area (Å²) in [7, 11) is 0. The van der Waals surface area contributed by atoms with Gasteiger partial charge in [-0.15, -0.1) is 0 Å². The summed E-state index contributed by atoms with van der Waals surface area (Å²) in [5.41, 5.74) is 9.31. The molecule has 2 aliphatic heterocycles. The number of nitrogens with one attached hydrogen (secondary N) is 2. The molecule has 1 amide bonds. The van der Waals surface area contributed by atoms with E-state index in [0.717, 1.165) is 24.0 Å². The van der Waals surface area contributed by atoms with Gasteiger partial charge in [0.15, 0.2) is 0 Å². The Hall–Kier alpha value is -4.50. The number of nitrogens with two attached hydrogens (primary N) is 1. The highest BCUT2D eigenvalue weighted by molar-refractivity contribution is 6.19. The van der Waals surface area contributed by atoms with Crippen molar-refractivity contribution in [1.29, 1.82) is 5.41 Å². The molecule has 4 N–H and O–H groups in total. The number of hydrogen-bond donors (Lipinski definition) is 3. The van der Waals surface area contributed by atoms with Crippen LogP contribution in [0.4, 0.5) is 5.69 Å². The summed E-state index contributed by atoms with van der Waals surface area (Å²) in [5, 5.41) is 11.3. The van der Waals surface area contributed by atoms with Crippen LogP contribution in [0.5, 0.6) is 5.75 Å². The zero-order valence-corrected chi connectivity index (χ0v) is 20.1. The SMILES string of the molecule is N=C(OC(N)=NC1N=C(c2ccccc2)c2ccccc2NC1=O)c1ccccc1OC1CCOCC1. The minimum Gasteiger partial charge on any atom is -0.489 e. The summed E-state index contributed by atoms with van der Waals surface area (Å²) in [5.74, 6) is -0.188. The summed E-state index contributed by atoms with van der Waals surface area (Å²) in [6.45, 7) is 1.28. The summed E-state index contributed by atoms with van der Waals surface area (Å²) < 4.78 is 17.0. The molecule has 0 bridgehead atoms. The number of amidine groups is 1. The second-order valence-corrected chi connectivity index (χ2v) is 8.58. The molecule has 9 heteroatoms. The Bertz CT molecular complexity index is 1350. The number of nitrogens with zero attached hydrogens (tertiary/aromatic N) is 2. The highest BCUT2D eigenvalue weighted by Gasteiger charge is 2.26. The van der Waals surface area contributed by atoms with E-state index in [1.54, 1.807) is 18.2 Å². The van der Waals surface area contributed by atoms with Gasteiger partial charge in [0.05, 0.1) is 30.2 Å². The van der Waals surface area contributed by atoms with Gasteiger partial charge >= 0.3 is 0 Å². The van der Waals surface area contributed by atoms with Gasteiger partial charge in [-0.05, 0) is 18.2 Å². The first-order chi connectivity index (χ1) is 18.1. The first-order valence-electron chi connectivity index (χ1n) is 12.1. The predicted molar refractivity (Wildman–Crippen MR) is 141 cm³/mol. The summed E-state index contributed by atoms with van der Waals surface area (Å²) >= 11 is 0. The zero-order valence-electron chi connectivity index (χ0n) is 20.1. The van der Waals surface area contributed by atoms with Crippen LogP contribution in [0, 0.1) is 5.41 Å². The largest absolute Gasteiger partial charge is 0.489 e. The van der Waals surface area contributed by atoms with Gasteiger partial charge in [0.1, 0.15) is 11.9 Å². The van der Waals surface area contributed by atoms with Gasteiger partial charge < -0.3 is 25.3 Å². The average Bonchev–Trinajstić information content (AvgIpc) is 3.06. The molecular weight excluding hydrogens is 470 g/mol. The zero-order chi connectivity index (χ0) is 25.6. The standard InChI is InChI=1S/C28H27N5O4/c29-25(21-11-5-7-13-23(21)36-19-14-16-35-17-15-19)37-28(30)33-26-27(34)31-22-12-6-4-10-20(22)24(32-26)18-8-2-1-3-9-18/h1-13,19,26,29H,14-17H2,(H2,30,33)(H,31,34). The smallest absolute Gasteiger partial charge is 0.291 e. The number of para-hydroxylation sites is 2. The van der Waals surface area contributed by atoms with Crippen molar-refractivity contribution in [3.63, 3.8) is 0 Å². The molecule has 37 heavy (non-hydrogen) atoms. The summed E-state index contributed by atoms with van der Waals surface area (Å²) in [6, 6.07) is 23.7. The van der Waals surface area contributed by atoms with E-state index >= 15 is 0 Å². The Kier molecular flexibility index (Phi) is 7.23. The number of fused-ring (bicyclic) bond motifs is 1. The van der Waals surface area contributed by atoms with E-state index in [4.69, 9.17) is 25.4 Å². The molecule has 188 valence electrons. The van der Waals surface area contributed by atoms with Gasteiger partial charge in [-0.3, -0.25) is 10.2 Å². The van der Waals surface area contributed by atoms with Crippen LogP contribution in [0.1, 0.15) is 29.5 Å². The molecule has 1 saturated heterocycles. The van der Waals surface area contributed by atoms with Crippen molar-refractivity contribution in [3.05, 3.63) is 95.6 Å². The molecule has 0 spiro atoms. The van der Waals surface area contributed by atoms with E-state index < -0.39 is 12.1 Å². The number of amides is 1. The van der Waals surface area contributed by atoms with Crippen molar-refractivity contribution in [2.45, 2.75) is 25.1 Å². The molecule has 1 atom stereocenters. The molecule has 2 heterocycles. The number of ether oxygens (including phenoxy) is 3. The third kappa shape index (κ3) is 5.68. The van der Waals surface area contributed by atoms with Crippen LogP contribution in [-0.4, -0.2) is 49.0 Å². The first kappa shape index (κ1) is 24.2. The Morgan fingerprint density at radius 3 is 2.51 bits per heavy atom. The number of hydrogen-bond acceptors (Lipinski definition) is 7. The minimum atomic E-state index is -1.20. The Morgan fingerprint density at radius 1 is 1.00 bits per heavy atom. The molecule has 3 aromatic rings. The minimum absolute atomic E-state index is 0.00391. The summed E-state index contributed by atoms with van der Waals surface area (Å²) in [6.07, 6.45) is 0.333. The van der Waals surface area contributed by atoms with E-state index in [1.165, 1.54) is 0 Å².